The molecule has 0 unspecified atom stereocenters. The molecule has 6 rings (SSSR count). The zero-order valence-corrected chi connectivity index (χ0v) is 20.0. The number of ether oxygens (including phenoxy) is 2. The standard InChI is InChI=1S/C27H21N5O5/c1-16-25-19(13-20(21-6-5-11-35-21)30-27(25)37-31-16)26(33)29-17-8-9-22(34-2)23(12-17)36-15-18-14-32-10-4-3-7-24(32)28-18/h3-14H,15H2,1-2H3,(H,29,33). The van der Waals surface area contributed by atoms with Crippen molar-refractivity contribution in [3.8, 4) is 23.0 Å². The van der Waals surface area contributed by atoms with Crippen molar-refractivity contribution in [1.82, 2.24) is 19.5 Å². The predicted molar refractivity (Wildman–Crippen MR) is 135 cm³/mol. The number of hydrogen-bond donors (Lipinski definition) is 1. The van der Waals surface area contributed by atoms with E-state index in [0.717, 1.165) is 11.3 Å². The van der Waals surface area contributed by atoms with E-state index in [1.807, 2.05) is 35.0 Å². The number of aryl methyl sites for hydroxylation is 1. The number of hydrogen-bond acceptors (Lipinski definition) is 8. The lowest BCUT2D eigenvalue weighted by Gasteiger charge is -2.13. The summed E-state index contributed by atoms with van der Waals surface area (Å²) in [6.45, 7) is 1.99. The van der Waals surface area contributed by atoms with E-state index in [4.69, 9.17) is 18.4 Å². The van der Waals surface area contributed by atoms with Crippen LogP contribution in [0.5, 0.6) is 11.5 Å². The van der Waals surface area contributed by atoms with E-state index in [9.17, 15) is 4.79 Å². The van der Waals surface area contributed by atoms with Crippen LogP contribution >= 0.6 is 0 Å². The molecule has 184 valence electrons. The Kier molecular flexibility index (Phi) is 5.53. The summed E-state index contributed by atoms with van der Waals surface area (Å²) < 4.78 is 24.2. The largest absolute Gasteiger partial charge is 0.493 e. The Morgan fingerprint density at radius 2 is 2.00 bits per heavy atom. The van der Waals surface area contributed by atoms with E-state index in [2.05, 4.69) is 20.4 Å². The Bertz CT molecular complexity index is 1700. The second kappa shape index (κ2) is 9.15. The van der Waals surface area contributed by atoms with E-state index in [1.165, 1.54) is 6.26 Å². The van der Waals surface area contributed by atoms with Crippen molar-refractivity contribution in [2.45, 2.75) is 13.5 Å². The summed E-state index contributed by atoms with van der Waals surface area (Å²) in [4.78, 5) is 22.4. The number of fused-ring (bicyclic) bond motifs is 2. The second-order valence-electron chi connectivity index (χ2n) is 8.29. The van der Waals surface area contributed by atoms with Gasteiger partial charge >= 0.3 is 0 Å². The van der Waals surface area contributed by atoms with Crippen LogP contribution in [-0.4, -0.2) is 32.5 Å². The van der Waals surface area contributed by atoms with Crippen LogP contribution in [0.1, 0.15) is 21.7 Å². The van der Waals surface area contributed by atoms with Crippen LogP contribution in [0.25, 0.3) is 28.2 Å². The molecule has 0 aliphatic rings. The monoisotopic (exact) mass is 495 g/mol. The van der Waals surface area contributed by atoms with Crippen molar-refractivity contribution < 1.29 is 23.2 Å². The van der Waals surface area contributed by atoms with Crippen LogP contribution in [-0.2, 0) is 6.61 Å². The molecule has 10 heteroatoms. The maximum Gasteiger partial charge on any atom is 0.259 e. The Morgan fingerprint density at radius 1 is 1.08 bits per heavy atom. The maximum absolute atomic E-state index is 13.4. The van der Waals surface area contributed by atoms with Crippen molar-refractivity contribution >= 4 is 28.3 Å². The molecule has 37 heavy (non-hydrogen) atoms. The summed E-state index contributed by atoms with van der Waals surface area (Å²) in [5.74, 6) is 1.15. The smallest absolute Gasteiger partial charge is 0.259 e. The number of methoxy groups -OCH3 is 1. The molecule has 0 saturated carbocycles. The number of nitrogens with zero attached hydrogens (tertiary/aromatic N) is 4. The van der Waals surface area contributed by atoms with Crippen molar-refractivity contribution in [1.29, 1.82) is 0 Å². The van der Waals surface area contributed by atoms with Gasteiger partial charge in [0.1, 0.15) is 17.9 Å². The number of nitrogens with one attached hydrogen (secondary N) is 1. The molecule has 1 aromatic carbocycles. The number of furan rings is 1. The van der Waals surface area contributed by atoms with E-state index in [-0.39, 0.29) is 18.2 Å². The molecule has 1 amide bonds. The highest BCUT2D eigenvalue weighted by Crippen LogP contribution is 2.32. The first-order chi connectivity index (χ1) is 18.1. The molecule has 5 heterocycles. The van der Waals surface area contributed by atoms with Crippen LogP contribution in [0.3, 0.4) is 0 Å². The van der Waals surface area contributed by atoms with Gasteiger partial charge in [0.05, 0.1) is 35.7 Å². The fraction of sp³-hybridized carbons (Fsp3) is 0.111. The quantitative estimate of drug-likeness (QED) is 0.318. The number of anilines is 1. The molecule has 0 spiro atoms. The summed E-state index contributed by atoms with van der Waals surface area (Å²) in [7, 11) is 1.56. The Balaban J connectivity index is 1.28. The van der Waals surface area contributed by atoms with Gasteiger partial charge in [0, 0.05) is 24.1 Å². The average Bonchev–Trinajstić information content (AvgIpc) is 3.67. The van der Waals surface area contributed by atoms with Gasteiger partial charge in [-0.15, -0.1) is 0 Å². The number of amides is 1. The minimum absolute atomic E-state index is 0.229. The molecule has 0 aliphatic carbocycles. The van der Waals surface area contributed by atoms with Gasteiger partial charge < -0.3 is 28.1 Å². The number of benzene rings is 1. The van der Waals surface area contributed by atoms with Crippen LogP contribution in [0.4, 0.5) is 5.69 Å². The van der Waals surface area contributed by atoms with Gasteiger partial charge in [0.15, 0.2) is 17.3 Å². The third-order valence-electron chi connectivity index (χ3n) is 5.85. The zero-order chi connectivity index (χ0) is 25.4. The van der Waals surface area contributed by atoms with Gasteiger partial charge in [0.25, 0.3) is 11.6 Å². The normalized spacial score (nSPS) is 11.2. The van der Waals surface area contributed by atoms with Crippen LogP contribution in [0, 0.1) is 6.92 Å². The highest BCUT2D eigenvalue weighted by atomic mass is 16.5. The summed E-state index contributed by atoms with van der Waals surface area (Å²) in [6.07, 6.45) is 5.37. The SMILES string of the molecule is COc1ccc(NC(=O)c2cc(-c3ccco3)nc3onc(C)c23)cc1OCc1cn2ccccc2n1. The van der Waals surface area contributed by atoms with Gasteiger partial charge in [-0.1, -0.05) is 11.2 Å². The molecule has 0 bridgehead atoms. The van der Waals surface area contributed by atoms with Crippen LogP contribution in [0.2, 0.25) is 0 Å². The molecule has 6 aromatic rings. The Morgan fingerprint density at radius 3 is 2.81 bits per heavy atom. The first kappa shape index (κ1) is 22.4. The lowest BCUT2D eigenvalue weighted by Crippen LogP contribution is -2.13. The number of pyridine rings is 2. The van der Waals surface area contributed by atoms with Crippen molar-refractivity contribution in [3.63, 3.8) is 0 Å². The lowest BCUT2D eigenvalue weighted by atomic mass is 10.1. The first-order valence-electron chi connectivity index (χ1n) is 11.4. The minimum Gasteiger partial charge on any atom is -0.493 e. The van der Waals surface area contributed by atoms with Gasteiger partial charge in [-0.25, -0.2) is 9.97 Å². The average molecular weight is 495 g/mol. The van der Waals surface area contributed by atoms with Gasteiger partial charge in [0.2, 0.25) is 0 Å². The second-order valence-corrected chi connectivity index (χ2v) is 8.29. The van der Waals surface area contributed by atoms with E-state index < -0.39 is 0 Å². The molecular formula is C27H21N5O5. The molecule has 5 aromatic heterocycles. The third kappa shape index (κ3) is 4.25. The molecule has 10 nitrogen and oxygen atoms in total. The Labute approximate surface area is 210 Å². The number of carbonyl (C=O) groups excluding carboxylic acids is 1. The minimum atomic E-state index is -0.358. The third-order valence-corrected chi connectivity index (χ3v) is 5.85. The van der Waals surface area contributed by atoms with Crippen LogP contribution in [0.15, 0.2) is 82.2 Å². The fourth-order valence-corrected chi connectivity index (χ4v) is 4.10. The lowest BCUT2D eigenvalue weighted by molar-refractivity contribution is 0.102. The number of rotatable bonds is 7. The number of imidazole rings is 1. The highest BCUT2D eigenvalue weighted by molar-refractivity contribution is 6.13. The molecule has 0 aliphatic heterocycles. The topological polar surface area (TPSA) is 117 Å². The number of carbonyl (C=O) groups is 1. The summed E-state index contributed by atoms with van der Waals surface area (Å²) in [6, 6.07) is 16.1. The highest BCUT2D eigenvalue weighted by Gasteiger charge is 2.21. The molecule has 0 saturated heterocycles. The summed E-state index contributed by atoms with van der Waals surface area (Å²) in [5.41, 5.74) is 3.75. The van der Waals surface area contributed by atoms with Gasteiger partial charge in [-0.2, -0.15) is 0 Å². The fourth-order valence-electron chi connectivity index (χ4n) is 4.10. The van der Waals surface area contributed by atoms with Crippen LogP contribution < -0.4 is 14.8 Å². The molecule has 0 fully saturated rings. The Hall–Kier alpha value is -5.12. The summed E-state index contributed by atoms with van der Waals surface area (Å²) >= 11 is 0. The van der Waals surface area contributed by atoms with E-state index in [1.54, 1.807) is 50.4 Å². The van der Waals surface area contributed by atoms with Crippen molar-refractivity contribution in [3.05, 3.63) is 90.2 Å². The molecule has 0 atom stereocenters. The maximum atomic E-state index is 13.4. The van der Waals surface area contributed by atoms with E-state index in [0.29, 0.717) is 45.3 Å². The number of aromatic nitrogens is 4. The first-order valence-corrected chi connectivity index (χ1v) is 11.4. The summed E-state index contributed by atoms with van der Waals surface area (Å²) in [5, 5.41) is 7.44. The molecule has 1 N–H and O–H groups in total. The molecular weight excluding hydrogens is 474 g/mol. The van der Waals surface area contributed by atoms with Gasteiger partial charge in [-0.3, -0.25) is 4.79 Å². The van der Waals surface area contributed by atoms with Gasteiger partial charge in [-0.05, 0) is 49.4 Å². The zero-order valence-electron chi connectivity index (χ0n) is 20.0. The van der Waals surface area contributed by atoms with Crippen molar-refractivity contribution in [2.75, 3.05) is 12.4 Å². The molecule has 0 radical (unpaired) electrons. The predicted octanol–water partition coefficient (Wildman–Crippen LogP) is 5.28. The van der Waals surface area contributed by atoms with E-state index >= 15 is 0 Å². The van der Waals surface area contributed by atoms with Crippen molar-refractivity contribution in [2.24, 2.45) is 0 Å².